The molecule has 162 valence electrons. The van der Waals surface area contributed by atoms with Crippen LogP contribution in [0.25, 0.3) is 0 Å². The predicted molar refractivity (Wildman–Crippen MR) is 123 cm³/mol. The van der Waals surface area contributed by atoms with Crippen LogP contribution in [-0.4, -0.2) is 28.8 Å². The van der Waals surface area contributed by atoms with E-state index in [2.05, 4.69) is 49.5 Å². The Morgan fingerprint density at radius 1 is 0.933 bits per heavy atom. The molecule has 0 heterocycles. The molecule has 0 saturated heterocycles. The summed E-state index contributed by atoms with van der Waals surface area (Å²) in [5.74, 6) is 0.369. The summed E-state index contributed by atoms with van der Waals surface area (Å²) in [5, 5.41) is 2.93. The fourth-order valence-corrected chi connectivity index (χ4v) is 3.46. The van der Waals surface area contributed by atoms with Gasteiger partial charge in [0.25, 0.3) is 0 Å². The molecule has 30 heavy (non-hydrogen) atoms. The van der Waals surface area contributed by atoms with E-state index in [0.29, 0.717) is 25.3 Å². The lowest BCUT2D eigenvalue weighted by Gasteiger charge is -2.29. The van der Waals surface area contributed by atoms with Gasteiger partial charge >= 0.3 is 0 Å². The van der Waals surface area contributed by atoms with Crippen molar-refractivity contribution in [2.45, 2.75) is 78.9 Å². The van der Waals surface area contributed by atoms with Gasteiger partial charge < -0.3 is 10.2 Å². The molecule has 0 aliphatic carbocycles. The zero-order valence-electron chi connectivity index (χ0n) is 19.2. The van der Waals surface area contributed by atoms with E-state index in [4.69, 9.17) is 0 Å². The van der Waals surface area contributed by atoms with E-state index in [0.717, 1.165) is 16.7 Å². The van der Waals surface area contributed by atoms with E-state index in [1.807, 2.05) is 45.9 Å². The molecule has 2 aromatic carbocycles. The van der Waals surface area contributed by atoms with E-state index in [1.165, 1.54) is 5.56 Å². The minimum atomic E-state index is -0.524. The standard InChI is InChI=1S/C26H36N2O2/c1-18(2)24-13-10-22(11-14-24)12-15-25(29)28(21(6)26(30)27-19(3)4)17-23-9-7-8-20(5)16-23/h7-11,13-14,16,18-19,21H,12,15,17H2,1-6H3,(H,27,30)/t21-/m0/s1. The summed E-state index contributed by atoms with van der Waals surface area (Å²) in [7, 11) is 0. The van der Waals surface area contributed by atoms with E-state index in [-0.39, 0.29) is 17.9 Å². The minimum absolute atomic E-state index is 0.00384. The maximum Gasteiger partial charge on any atom is 0.242 e. The molecule has 0 aliphatic rings. The van der Waals surface area contributed by atoms with Crippen molar-refractivity contribution in [3.05, 3.63) is 70.8 Å². The van der Waals surface area contributed by atoms with Gasteiger partial charge in [0.2, 0.25) is 11.8 Å². The number of aryl methyl sites for hydroxylation is 2. The molecule has 2 aromatic rings. The molecule has 4 heteroatoms. The summed E-state index contributed by atoms with van der Waals surface area (Å²) in [6.07, 6.45) is 1.05. The molecular formula is C26H36N2O2. The summed E-state index contributed by atoms with van der Waals surface area (Å²) in [6.45, 7) is 12.5. The molecule has 4 nitrogen and oxygen atoms in total. The normalized spacial score (nSPS) is 12.1. The molecule has 0 fully saturated rings. The molecule has 0 bridgehead atoms. The third kappa shape index (κ3) is 7.01. The Morgan fingerprint density at radius 3 is 2.17 bits per heavy atom. The van der Waals surface area contributed by atoms with Gasteiger partial charge in [-0.15, -0.1) is 0 Å². The summed E-state index contributed by atoms with van der Waals surface area (Å²) in [5.41, 5.74) is 4.62. The van der Waals surface area contributed by atoms with Crippen molar-refractivity contribution < 1.29 is 9.59 Å². The average molecular weight is 409 g/mol. The van der Waals surface area contributed by atoms with Gasteiger partial charge in [-0.25, -0.2) is 0 Å². The van der Waals surface area contributed by atoms with Crippen molar-refractivity contribution in [1.82, 2.24) is 10.2 Å². The maximum absolute atomic E-state index is 13.2. The van der Waals surface area contributed by atoms with Crippen LogP contribution in [0.15, 0.2) is 48.5 Å². The Kier molecular flexibility index (Phi) is 8.64. The monoisotopic (exact) mass is 408 g/mol. The third-order valence-corrected chi connectivity index (χ3v) is 5.31. The van der Waals surface area contributed by atoms with Gasteiger partial charge in [0.15, 0.2) is 0 Å². The van der Waals surface area contributed by atoms with Gasteiger partial charge in [0.05, 0.1) is 0 Å². The molecule has 1 atom stereocenters. The van der Waals surface area contributed by atoms with E-state index in [1.54, 1.807) is 4.90 Å². The highest BCUT2D eigenvalue weighted by Gasteiger charge is 2.26. The first-order valence-corrected chi connectivity index (χ1v) is 10.9. The third-order valence-electron chi connectivity index (χ3n) is 5.31. The molecule has 0 spiro atoms. The van der Waals surface area contributed by atoms with Crippen LogP contribution in [0.3, 0.4) is 0 Å². The fourth-order valence-electron chi connectivity index (χ4n) is 3.46. The molecule has 0 saturated carbocycles. The predicted octanol–water partition coefficient (Wildman–Crippen LogP) is 4.99. The van der Waals surface area contributed by atoms with Crippen LogP contribution in [0.5, 0.6) is 0 Å². The summed E-state index contributed by atoms with van der Waals surface area (Å²) in [4.78, 5) is 27.5. The van der Waals surface area contributed by atoms with E-state index >= 15 is 0 Å². The average Bonchev–Trinajstić information content (AvgIpc) is 2.69. The second-order valence-corrected chi connectivity index (χ2v) is 8.75. The van der Waals surface area contributed by atoms with Crippen molar-refractivity contribution in [2.24, 2.45) is 0 Å². The maximum atomic E-state index is 13.2. The highest BCUT2D eigenvalue weighted by Crippen LogP contribution is 2.17. The summed E-state index contributed by atoms with van der Waals surface area (Å²) < 4.78 is 0. The number of carbonyl (C=O) groups excluding carboxylic acids is 2. The van der Waals surface area contributed by atoms with Gasteiger partial charge in [-0.05, 0) is 56.7 Å². The fraction of sp³-hybridized carbons (Fsp3) is 0.462. The Balaban J connectivity index is 2.13. The van der Waals surface area contributed by atoms with Crippen LogP contribution >= 0.6 is 0 Å². The number of benzene rings is 2. The largest absolute Gasteiger partial charge is 0.352 e. The Labute approximate surface area is 181 Å². The first-order valence-electron chi connectivity index (χ1n) is 10.9. The highest BCUT2D eigenvalue weighted by molar-refractivity contribution is 5.87. The van der Waals surface area contributed by atoms with Gasteiger partial charge in [-0.3, -0.25) is 9.59 Å². The molecule has 1 N–H and O–H groups in total. The lowest BCUT2D eigenvalue weighted by molar-refractivity contribution is -0.140. The Bertz CT molecular complexity index is 840. The molecule has 0 radical (unpaired) electrons. The molecule has 0 aliphatic heterocycles. The van der Waals surface area contributed by atoms with Gasteiger partial charge in [0.1, 0.15) is 6.04 Å². The number of nitrogens with one attached hydrogen (secondary N) is 1. The highest BCUT2D eigenvalue weighted by atomic mass is 16.2. The van der Waals surface area contributed by atoms with Crippen LogP contribution in [0.1, 0.15) is 69.2 Å². The minimum Gasteiger partial charge on any atom is -0.352 e. The zero-order chi connectivity index (χ0) is 22.3. The second-order valence-electron chi connectivity index (χ2n) is 8.75. The number of hydrogen-bond acceptors (Lipinski definition) is 2. The molecule has 2 rings (SSSR count). The quantitative estimate of drug-likeness (QED) is 0.635. The second kappa shape index (κ2) is 11.0. The molecular weight excluding hydrogens is 372 g/mol. The van der Waals surface area contributed by atoms with Crippen LogP contribution in [0, 0.1) is 6.92 Å². The molecule has 2 amide bonds. The summed E-state index contributed by atoms with van der Waals surface area (Å²) in [6, 6.07) is 16.1. The number of amides is 2. The van der Waals surface area contributed by atoms with Crippen LogP contribution in [0.2, 0.25) is 0 Å². The van der Waals surface area contributed by atoms with Crippen molar-refractivity contribution in [1.29, 1.82) is 0 Å². The van der Waals surface area contributed by atoms with E-state index < -0.39 is 6.04 Å². The van der Waals surface area contributed by atoms with Gasteiger partial charge in [-0.1, -0.05) is 67.9 Å². The van der Waals surface area contributed by atoms with E-state index in [9.17, 15) is 9.59 Å². The number of rotatable bonds is 9. The van der Waals surface area contributed by atoms with Crippen LogP contribution in [0.4, 0.5) is 0 Å². The van der Waals surface area contributed by atoms with Gasteiger partial charge in [0, 0.05) is 19.0 Å². The van der Waals surface area contributed by atoms with Crippen LogP contribution in [-0.2, 0) is 22.6 Å². The topological polar surface area (TPSA) is 49.4 Å². The van der Waals surface area contributed by atoms with Gasteiger partial charge in [-0.2, -0.15) is 0 Å². The number of nitrogens with zero attached hydrogens (tertiary/aromatic N) is 1. The zero-order valence-corrected chi connectivity index (χ0v) is 19.2. The van der Waals surface area contributed by atoms with Crippen molar-refractivity contribution in [3.8, 4) is 0 Å². The van der Waals surface area contributed by atoms with Crippen LogP contribution < -0.4 is 5.32 Å². The number of carbonyl (C=O) groups is 2. The smallest absolute Gasteiger partial charge is 0.242 e. The number of hydrogen-bond donors (Lipinski definition) is 1. The lowest BCUT2D eigenvalue weighted by atomic mass is 10.00. The first kappa shape index (κ1) is 23.7. The Hall–Kier alpha value is -2.62. The molecule has 0 unspecified atom stereocenters. The first-order chi connectivity index (χ1) is 14.2. The van der Waals surface area contributed by atoms with Crippen molar-refractivity contribution in [2.75, 3.05) is 0 Å². The summed E-state index contributed by atoms with van der Waals surface area (Å²) >= 11 is 0. The SMILES string of the molecule is Cc1cccc(CN(C(=O)CCc2ccc(C(C)C)cc2)[C@@H](C)C(=O)NC(C)C)c1. The molecule has 0 aromatic heterocycles. The van der Waals surface area contributed by atoms with Crippen molar-refractivity contribution >= 4 is 11.8 Å². The van der Waals surface area contributed by atoms with Crippen molar-refractivity contribution in [3.63, 3.8) is 0 Å². The lowest BCUT2D eigenvalue weighted by Crippen LogP contribution is -2.49. The Morgan fingerprint density at radius 2 is 1.60 bits per heavy atom.